The molecule has 0 spiro atoms. The Balaban J connectivity index is 1.35. The van der Waals surface area contributed by atoms with Crippen molar-refractivity contribution < 1.29 is 128 Å². The molecule has 0 saturated carbocycles. The second-order valence-electron chi connectivity index (χ2n) is 16.8. The standard InChI is InChI=1S/C36H60O26/c1-7-13(39)21(47)27-33(51-7)57-25-15(41)9(3)53-35(29(25)61-31-23(49)19(45)17(43)11(5-37)55-31)58-26-16(42)10(4)54-36(60-28-22(48)14(40)8(2)52-34(28)59-27)30(26)62-32-24(50)20(46)18(44)12(6-38)56-32/h7-50H,5-6H2,1-4H3/t7-,8-,9-,10-,11-,12-,13+,14-,15-,16-,17-,18-,19+,20+,21+,22+,23-,24-,25+,26+,27+,28+,29+,30+,31-,32-,33-,34-,35-,36-/m1/s1. The van der Waals surface area contributed by atoms with E-state index < -0.39 is 197 Å². The van der Waals surface area contributed by atoms with Gasteiger partial charge in [0, 0.05) is 0 Å². The molecular weight excluding hydrogens is 848 g/mol. The van der Waals surface area contributed by atoms with E-state index in [0.29, 0.717) is 0 Å². The van der Waals surface area contributed by atoms with Crippen molar-refractivity contribution in [2.75, 3.05) is 13.2 Å². The van der Waals surface area contributed by atoms with Crippen LogP contribution in [0.4, 0.5) is 0 Å². The number of aliphatic hydroxyl groups is 14. The van der Waals surface area contributed by atoms with Crippen molar-refractivity contribution in [1.82, 2.24) is 0 Å². The van der Waals surface area contributed by atoms with Gasteiger partial charge in [-0.2, -0.15) is 0 Å². The summed E-state index contributed by atoms with van der Waals surface area (Å²) >= 11 is 0. The Labute approximate surface area is 353 Å². The van der Waals surface area contributed by atoms with Crippen LogP contribution in [0.1, 0.15) is 27.7 Å². The molecule has 0 aromatic carbocycles. The van der Waals surface area contributed by atoms with E-state index in [1.807, 2.05) is 0 Å². The third kappa shape index (κ3) is 9.17. The van der Waals surface area contributed by atoms with E-state index in [2.05, 4.69) is 0 Å². The van der Waals surface area contributed by atoms with E-state index in [9.17, 15) is 71.5 Å². The first-order valence-corrected chi connectivity index (χ1v) is 20.5. The van der Waals surface area contributed by atoms with Gasteiger partial charge in [-0.15, -0.1) is 0 Å². The van der Waals surface area contributed by atoms with Gasteiger partial charge in [-0.25, -0.2) is 0 Å². The first-order chi connectivity index (χ1) is 29.3. The molecule has 0 radical (unpaired) electrons. The average molecular weight is 909 g/mol. The molecule has 62 heavy (non-hydrogen) atoms. The van der Waals surface area contributed by atoms with Crippen LogP contribution in [-0.4, -0.2) is 269 Å². The molecule has 0 aliphatic carbocycles. The van der Waals surface area contributed by atoms with Gasteiger partial charge in [0.2, 0.25) is 0 Å². The molecule has 0 amide bonds. The lowest BCUT2D eigenvalue weighted by Crippen LogP contribution is -2.70. The van der Waals surface area contributed by atoms with Gasteiger partial charge >= 0.3 is 0 Å². The van der Waals surface area contributed by atoms with Gasteiger partial charge in [0.25, 0.3) is 0 Å². The molecule has 0 aromatic heterocycles. The predicted octanol–water partition coefficient (Wildman–Crippen LogP) is -8.94. The molecule has 30 atom stereocenters. The maximum Gasteiger partial charge on any atom is 0.187 e. The zero-order valence-electron chi connectivity index (χ0n) is 33.9. The quantitative estimate of drug-likeness (QED) is 0.118. The summed E-state index contributed by atoms with van der Waals surface area (Å²) in [5.41, 5.74) is 0. The van der Waals surface area contributed by atoms with Crippen LogP contribution in [0, 0.1) is 0 Å². The number of aliphatic hydroxyl groups excluding tert-OH is 14. The minimum absolute atomic E-state index is 0.863. The van der Waals surface area contributed by atoms with Crippen LogP contribution >= 0.6 is 0 Å². The molecule has 0 unspecified atom stereocenters. The maximum atomic E-state index is 11.8. The van der Waals surface area contributed by atoms with E-state index in [0.717, 1.165) is 0 Å². The summed E-state index contributed by atoms with van der Waals surface area (Å²) < 4.78 is 72.8. The van der Waals surface area contributed by atoms with Crippen molar-refractivity contribution in [2.24, 2.45) is 0 Å². The summed E-state index contributed by atoms with van der Waals surface area (Å²) in [6.07, 6.45) is -52.2. The third-order valence-electron chi connectivity index (χ3n) is 12.5. The van der Waals surface area contributed by atoms with Crippen molar-refractivity contribution in [3.8, 4) is 0 Å². The fourth-order valence-corrected chi connectivity index (χ4v) is 8.59. The molecular formula is C36H60O26. The summed E-state index contributed by atoms with van der Waals surface area (Å²) in [5.74, 6) is 0. The molecule has 0 aromatic rings. The average Bonchev–Trinajstić information content (AvgIpc) is 3.24. The molecule has 7 rings (SSSR count). The molecule has 7 aliphatic rings. The highest BCUT2D eigenvalue weighted by molar-refractivity contribution is 5.01. The predicted molar refractivity (Wildman–Crippen MR) is 190 cm³/mol. The van der Waals surface area contributed by atoms with Crippen LogP contribution < -0.4 is 0 Å². The van der Waals surface area contributed by atoms with Crippen LogP contribution in [0.5, 0.6) is 0 Å². The fourth-order valence-electron chi connectivity index (χ4n) is 8.59. The number of fused-ring (bicyclic) bond motifs is 6. The number of hydrogen-bond acceptors (Lipinski definition) is 26. The Morgan fingerprint density at radius 1 is 0.306 bits per heavy atom. The fraction of sp³-hybridized carbons (Fsp3) is 1.00. The van der Waals surface area contributed by atoms with Crippen molar-refractivity contribution >= 4 is 0 Å². The smallest absolute Gasteiger partial charge is 0.187 e. The summed E-state index contributed by atoms with van der Waals surface area (Å²) in [6.45, 7) is 3.78. The van der Waals surface area contributed by atoms with Gasteiger partial charge in [-0.3, -0.25) is 0 Å². The first-order valence-electron chi connectivity index (χ1n) is 20.5. The van der Waals surface area contributed by atoms with Gasteiger partial charge in [-0.05, 0) is 27.7 Å². The Morgan fingerprint density at radius 2 is 0.613 bits per heavy atom. The van der Waals surface area contributed by atoms with E-state index in [-0.39, 0.29) is 0 Å². The number of rotatable bonds is 6. The summed E-state index contributed by atoms with van der Waals surface area (Å²) in [5, 5.41) is 153. The van der Waals surface area contributed by atoms with Crippen molar-refractivity contribution in [2.45, 2.75) is 212 Å². The summed E-state index contributed by atoms with van der Waals surface area (Å²) in [6, 6.07) is 0. The zero-order chi connectivity index (χ0) is 45.2. The topological polar surface area (TPSA) is 394 Å². The van der Waals surface area contributed by atoms with Crippen molar-refractivity contribution in [3.05, 3.63) is 0 Å². The van der Waals surface area contributed by atoms with Crippen LogP contribution in [-0.2, 0) is 56.8 Å². The molecule has 14 N–H and O–H groups in total. The largest absolute Gasteiger partial charge is 0.394 e. The van der Waals surface area contributed by atoms with Gasteiger partial charge < -0.3 is 128 Å². The van der Waals surface area contributed by atoms with Crippen LogP contribution in [0.2, 0.25) is 0 Å². The Morgan fingerprint density at radius 3 is 0.984 bits per heavy atom. The Bertz CT molecular complexity index is 1450. The van der Waals surface area contributed by atoms with Gasteiger partial charge in [-0.1, -0.05) is 0 Å². The van der Waals surface area contributed by atoms with Gasteiger partial charge in [0.1, 0.15) is 122 Å². The maximum absolute atomic E-state index is 11.8. The third-order valence-corrected chi connectivity index (χ3v) is 12.5. The van der Waals surface area contributed by atoms with E-state index >= 15 is 0 Å². The molecule has 7 aliphatic heterocycles. The Kier molecular flexibility index (Phi) is 15.5. The van der Waals surface area contributed by atoms with Crippen LogP contribution in [0.15, 0.2) is 0 Å². The minimum Gasteiger partial charge on any atom is -0.394 e. The van der Waals surface area contributed by atoms with Crippen LogP contribution in [0.25, 0.3) is 0 Å². The molecule has 4 bridgehead atoms. The molecule has 7 heterocycles. The SMILES string of the molecule is C[C@H]1O[C@@H]2O[C@H]3[C@H](O)[C@@H](C)O[C@H](O[C@H]4[C@H](O)[C@@H](C)O[C@H](O[C@@H]5[C@@H](O[C@H]2[C@@H](O)[C@H]1O)O[C@H](C)[C@@H](O)[C@@H]5O)[C@H]4O[C@H]1O[C@H](CO)[C@@H](O)[C@H](O)[C@H]1O)[C@H]3O[C@H]1O[C@H](CO)[C@@H](O)[C@H](O)[C@H]1O. The first kappa shape index (κ1) is 48.9. The van der Waals surface area contributed by atoms with Crippen molar-refractivity contribution in [3.63, 3.8) is 0 Å². The number of hydrogen-bond donors (Lipinski definition) is 14. The zero-order valence-corrected chi connectivity index (χ0v) is 33.9. The normalized spacial score (nSPS) is 57.8. The summed E-state index contributed by atoms with van der Waals surface area (Å²) in [4.78, 5) is 0. The number of ether oxygens (including phenoxy) is 12. The van der Waals surface area contributed by atoms with E-state index in [1.165, 1.54) is 27.7 Å². The molecule has 26 nitrogen and oxygen atoms in total. The molecule has 7 saturated heterocycles. The van der Waals surface area contributed by atoms with E-state index in [4.69, 9.17) is 56.8 Å². The van der Waals surface area contributed by atoms with Gasteiger partial charge in [0.15, 0.2) is 37.7 Å². The highest BCUT2D eigenvalue weighted by Crippen LogP contribution is 2.40. The second kappa shape index (κ2) is 19.7. The lowest BCUT2D eigenvalue weighted by molar-refractivity contribution is -0.433. The molecule has 360 valence electrons. The van der Waals surface area contributed by atoms with Crippen molar-refractivity contribution in [1.29, 1.82) is 0 Å². The monoisotopic (exact) mass is 908 g/mol. The lowest BCUT2D eigenvalue weighted by atomic mass is 9.94. The Hall–Kier alpha value is -1.04. The molecule has 26 heteroatoms. The minimum atomic E-state index is -2.04. The lowest BCUT2D eigenvalue weighted by Gasteiger charge is -2.53. The van der Waals surface area contributed by atoms with Crippen LogP contribution in [0.3, 0.4) is 0 Å². The molecule has 7 fully saturated rings. The summed E-state index contributed by atoms with van der Waals surface area (Å²) in [7, 11) is 0. The highest BCUT2D eigenvalue weighted by atomic mass is 16.8. The van der Waals surface area contributed by atoms with Gasteiger partial charge in [0.05, 0.1) is 37.6 Å². The van der Waals surface area contributed by atoms with E-state index in [1.54, 1.807) is 0 Å². The second-order valence-corrected chi connectivity index (χ2v) is 16.8. The highest BCUT2D eigenvalue weighted by Gasteiger charge is 2.60.